The molecular weight excluding hydrogens is 410 g/mol. The van der Waals surface area contributed by atoms with Gasteiger partial charge in [0, 0.05) is 43.5 Å². The lowest BCUT2D eigenvalue weighted by molar-refractivity contribution is -0.120. The van der Waals surface area contributed by atoms with Crippen LogP contribution in [0.5, 0.6) is 0 Å². The van der Waals surface area contributed by atoms with Gasteiger partial charge in [0.25, 0.3) is 5.91 Å². The lowest BCUT2D eigenvalue weighted by atomic mass is 9.88. The standard InChI is InChI=1S/C28H35N3O2/c32-27(22-10-3-1-4-11-22)29-24-13-14-26(25(19-24)28(33)30-16-7-2-8-17-30)31-18-15-21-9-5-6-12-23(21)20-31/h5-6,9,12-14,19,22H,1-4,7-8,10-11,15-18,20H2,(H,29,32). The van der Waals surface area contributed by atoms with Gasteiger partial charge in [0.05, 0.1) is 5.56 Å². The third-order valence-corrected chi connectivity index (χ3v) is 7.59. The van der Waals surface area contributed by atoms with Crippen LogP contribution in [-0.4, -0.2) is 36.3 Å². The highest BCUT2D eigenvalue weighted by Crippen LogP contribution is 2.32. The summed E-state index contributed by atoms with van der Waals surface area (Å²) in [6.45, 7) is 3.34. The molecular formula is C28H35N3O2. The molecule has 2 aromatic rings. The maximum absolute atomic E-state index is 13.6. The molecule has 5 nitrogen and oxygen atoms in total. The molecule has 33 heavy (non-hydrogen) atoms. The van der Waals surface area contributed by atoms with Crippen molar-refractivity contribution in [3.8, 4) is 0 Å². The summed E-state index contributed by atoms with van der Waals surface area (Å²) in [5.74, 6) is 0.293. The zero-order valence-electron chi connectivity index (χ0n) is 19.5. The Morgan fingerprint density at radius 1 is 0.818 bits per heavy atom. The Balaban J connectivity index is 1.42. The largest absolute Gasteiger partial charge is 0.366 e. The number of anilines is 2. The summed E-state index contributed by atoms with van der Waals surface area (Å²) in [5, 5.41) is 3.13. The number of hydrogen-bond acceptors (Lipinski definition) is 3. The molecule has 0 unspecified atom stereocenters. The first-order chi connectivity index (χ1) is 16.2. The Morgan fingerprint density at radius 2 is 1.55 bits per heavy atom. The first-order valence-electron chi connectivity index (χ1n) is 12.7. The van der Waals surface area contributed by atoms with Gasteiger partial charge in [-0.2, -0.15) is 0 Å². The predicted molar refractivity (Wildman–Crippen MR) is 133 cm³/mol. The van der Waals surface area contributed by atoms with Gasteiger partial charge in [-0.05, 0) is 67.9 Å². The van der Waals surface area contributed by atoms with Gasteiger partial charge in [-0.25, -0.2) is 0 Å². The summed E-state index contributed by atoms with van der Waals surface area (Å²) in [6.07, 6.45) is 9.73. The molecule has 2 fully saturated rings. The van der Waals surface area contributed by atoms with Crippen LogP contribution in [0.25, 0.3) is 0 Å². The van der Waals surface area contributed by atoms with Crippen molar-refractivity contribution < 1.29 is 9.59 Å². The van der Waals surface area contributed by atoms with Crippen LogP contribution in [0.3, 0.4) is 0 Å². The van der Waals surface area contributed by atoms with E-state index in [0.717, 1.165) is 88.1 Å². The van der Waals surface area contributed by atoms with Gasteiger partial charge in [0.1, 0.15) is 0 Å². The SMILES string of the molecule is O=C(Nc1ccc(N2CCc3ccccc3C2)c(C(=O)N2CCCCC2)c1)C1CCCCC1. The topological polar surface area (TPSA) is 52.7 Å². The fraction of sp³-hybridized carbons (Fsp3) is 0.500. The van der Waals surface area contributed by atoms with Crippen molar-refractivity contribution in [1.82, 2.24) is 4.90 Å². The molecule has 3 aliphatic rings. The van der Waals surface area contributed by atoms with Crippen LogP contribution in [0.4, 0.5) is 11.4 Å². The summed E-state index contributed by atoms with van der Waals surface area (Å²) >= 11 is 0. The number of carbonyl (C=O) groups excluding carboxylic acids is 2. The summed E-state index contributed by atoms with van der Waals surface area (Å²) in [5.41, 5.74) is 5.17. The van der Waals surface area contributed by atoms with Crippen LogP contribution in [0.2, 0.25) is 0 Å². The average molecular weight is 446 g/mol. The van der Waals surface area contributed by atoms with Gasteiger partial charge in [0.2, 0.25) is 5.91 Å². The van der Waals surface area contributed by atoms with E-state index < -0.39 is 0 Å². The molecule has 2 aliphatic heterocycles. The number of nitrogens with one attached hydrogen (secondary N) is 1. The monoisotopic (exact) mass is 445 g/mol. The van der Waals surface area contributed by atoms with E-state index >= 15 is 0 Å². The highest BCUT2D eigenvalue weighted by atomic mass is 16.2. The van der Waals surface area contributed by atoms with Crippen molar-refractivity contribution in [2.45, 2.75) is 64.3 Å². The number of rotatable bonds is 4. The molecule has 1 N–H and O–H groups in total. The van der Waals surface area contributed by atoms with E-state index in [1.165, 1.54) is 24.0 Å². The van der Waals surface area contributed by atoms with Crippen LogP contribution < -0.4 is 10.2 Å². The smallest absolute Gasteiger partial charge is 0.256 e. The molecule has 0 atom stereocenters. The normalized spacial score (nSPS) is 19.2. The number of fused-ring (bicyclic) bond motifs is 1. The molecule has 1 saturated carbocycles. The van der Waals surface area contributed by atoms with E-state index in [1.807, 2.05) is 23.1 Å². The van der Waals surface area contributed by atoms with Crippen LogP contribution >= 0.6 is 0 Å². The van der Waals surface area contributed by atoms with Gasteiger partial charge in [-0.1, -0.05) is 43.5 Å². The van der Waals surface area contributed by atoms with Crippen molar-refractivity contribution in [2.75, 3.05) is 29.9 Å². The van der Waals surface area contributed by atoms with Gasteiger partial charge < -0.3 is 15.1 Å². The lowest BCUT2D eigenvalue weighted by Crippen LogP contribution is -2.38. The maximum atomic E-state index is 13.6. The van der Waals surface area contributed by atoms with E-state index in [1.54, 1.807) is 0 Å². The summed E-state index contributed by atoms with van der Waals surface area (Å²) < 4.78 is 0. The van der Waals surface area contributed by atoms with Gasteiger partial charge in [0.15, 0.2) is 0 Å². The van der Waals surface area contributed by atoms with Gasteiger partial charge in [-0.15, -0.1) is 0 Å². The minimum Gasteiger partial charge on any atom is -0.366 e. The van der Waals surface area contributed by atoms with E-state index in [-0.39, 0.29) is 17.7 Å². The number of benzene rings is 2. The summed E-state index contributed by atoms with van der Waals surface area (Å²) in [7, 11) is 0. The molecule has 0 aromatic heterocycles. The Hall–Kier alpha value is -2.82. The van der Waals surface area contributed by atoms with Crippen LogP contribution in [0.1, 0.15) is 72.9 Å². The molecule has 5 rings (SSSR count). The first-order valence-corrected chi connectivity index (χ1v) is 12.7. The molecule has 174 valence electrons. The Morgan fingerprint density at radius 3 is 2.33 bits per heavy atom. The number of amides is 2. The van der Waals surface area contributed by atoms with Gasteiger partial charge in [-0.3, -0.25) is 9.59 Å². The van der Waals surface area contributed by atoms with E-state index in [2.05, 4.69) is 34.5 Å². The second-order valence-corrected chi connectivity index (χ2v) is 9.85. The number of hydrogen-bond donors (Lipinski definition) is 1. The van der Waals surface area contributed by atoms with Gasteiger partial charge >= 0.3 is 0 Å². The molecule has 2 aromatic carbocycles. The molecule has 5 heteroatoms. The van der Waals surface area contributed by atoms with Crippen molar-refractivity contribution in [3.63, 3.8) is 0 Å². The second kappa shape index (κ2) is 9.98. The Bertz CT molecular complexity index is 1010. The summed E-state index contributed by atoms with van der Waals surface area (Å²) in [4.78, 5) is 30.8. The van der Waals surface area contributed by atoms with E-state index in [0.29, 0.717) is 0 Å². The van der Waals surface area contributed by atoms with E-state index in [4.69, 9.17) is 0 Å². The Labute approximate surface area is 197 Å². The predicted octanol–water partition coefficient (Wildman–Crippen LogP) is 5.39. The zero-order chi connectivity index (χ0) is 22.6. The molecule has 0 bridgehead atoms. The maximum Gasteiger partial charge on any atom is 0.256 e. The number of likely N-dealkylation sites (tertiary alicyclic amines) is 1. The molecule has 2 amide bonds. The third-order valence-electron chi connectivity index (χ3n) is 7.59. The quantitative estimate of drug-likeness (QED) is 0.686. The van der Waals surface area contributed by atoms with Crippen LogP contribution in [0.15, 0.2) is 42.5 Å². The van der Waals surface area contributed by atoms with Crippen LogP contribution in [-0.2, 0) is 17.8 Å². The van der Waals surface area contributed by atoms with Crippen molar-refractivity contribution in [1.29, 1.82) is 0 Å². The van der Waals surface area contributed by atoms with Crippen molar-refractivity contribution in [2.24, 2.45) is 5.92 Å². The second-order valence-electron chi connectivity index (χ2n) is 9.85. The van der Waals surface area contributed by atoms with Crippen LogP contribution in [0, 0.1) is 5.92 Å². The average Bonchev–Trinajstić information content (AvgIpc) is 2.89. The molecule has 1 saturated heterocycles. The van der Waals surface area contributed by atoms with Crippen molar-refractivity contribution in [3.05, 3.63) is 59.2 Å². The highest BCUT2D eigenvalue weighted by molar-refractivity contribution is 6.02. The molecule has 1 aliphatic carbocycles. The number of nitrogens with zero attached hydrogens (tertiary/aromatic N) is 2. The Kier molecular flexibility index (Phi) is 6.65. The molecule has 2 heterocycles. The fourth-order valence-corrected chi connectivity index (χ4v) is 5.64. The minimum atomic E-state index is 0.0947. The third kappa shape index (κ3) is 4.92. The molecule has 0 radical (unpaired) electrons. The van der Waals surface area contributed by atoms with Crippen molar-refractivity contribution >= 4 is 23.2 Å². The zero-order valence-corrected chi connectivity index (χ0v) is 19.5. The number of piperidine rings is 1. The number of carbonyl (C=O) groups is 2. The highest BCUT2D eigenvalue weighted by Gasteiger charge is 2.27. The lowest BCUT2D eigenvalue weighted by Gasteiger charge is -2.34. The minimum absolute atomic E-state index is 0.0947. The first kappa shape index (κ1) is 22.0. The molecule has 0 spiro atoms. The summed E-state index contributed by atoms with van der Waals surface area (Å²) in [6, 6.07) is 14.5. The van der Waals surface area contributed by atoms with E-state index in [9.17, 15) is 9.59 Å². The fourth-order valence-electron chi connectivity index (χ4n) is 5.64.